The molecule has 0 aliphatic heterocycles. The van der Waals surface area contributed by atoms with Gasteiger partial charge >= 0.3 is 0 Å². The lowest BCUT2D eigenvalue weighted by Gasteiger charge is -1.73. The zero-order valence-corrected chi connectivity index (χ0v) is 6.39. The van der Waals surface area contributed by atoms with Crippen LogP contribution in [0.3, 0.4) is 0 Å². The summed E-state index contributed by atoms with van der Waals surface area (Å²) in [6, 6.07) is 0. The third-order valence-corrected chi connectivity index (χ3v) is 0.575. The van der Waals surface area contributed by atoms with Gasteiger partial charge in [0, 0.05) is 0 Å². The van der Waals surface area contributed by atoms with E-state index in [2.05, 4.69) is 0 Å². The summed E-state index contributed by atoms with van der Waals surface area (Å²) < 4.78 is 0. The molecule has 0 aromatic rings. The van der Waals surface area contributed by atoms with Crippen LogP contribution in [0.5, 0.6) is 0 Å². The minimum absolute atomic E-state index is 0.0324. The first kappa shape index (κ1) is 12.0. The van der Waals surface area contributed by atoms with E-state index in [4.69, 9.17) is 11.5 Å². The molecule has 0 saturated heterocycles. The van der Waals surface area contributed by atoms with E-state index in [0.29, 0.717) is 0 Å². The Bertz CT molecular complexity index is 98.3. The average molecular weight is 146 g/mol. The van der Waals surface area contributed by atoms with Crippen LogP contribution in [0.4, 0.5) is 0 Å². The molecule has 10 heavy (non-hydrogen) atoms. The molecule has 0 aromatic carbocycles. The summed E-state index contributed by atoms with van der Waals surface area (Å²) in [5, 5.41) is 0. The maximum Gasteiger partial charge on any atom is 0.143 e. The SMILES string of the molecule is CC(=O)CN.CC(=O)CN. The highest BCUT2D eigenvalue weighted by atomic mass is 16.1. The predicted molar refractivity (Wildman–Crippen MR) is 39.5 cm³/mol. The first-order chi connectivity index (χ1) is 4.54. The smallest absolute Gasteiger partial charge is 0.143 e. The Morgan fingerprint density at radius 1 is 1.00 bits per heavy atom. The van der Waals surface area contributed by atoms with E-state index in [1.807, 2.05) is 0 Å². The van der Waals surface area contributed by atoms with Crippen molar-refractivity contribution in [3.05, 3.63) is 0 Å². The molecule has 0 atom stereocenters. The van der Waals surface area contributed by atoms with Crippen LogP contribution in [-0.4, -0.2) is 24.7 Å². The molecular formula is C6H14N2O2. The first-order valence-electron chi connectivity index (χ1n) is 2.93. The van der Waals surface area contributed by atoms with Crippen molar-refractivity contribution in [1.29, 1.82) is 0 Å². The van der Waals surface area contributed by atoms with E-state index in [-0.39, 0.29) is 24.7 Å². The summed E-state index contributed by atoms with van der Waals surface area (Å²) in [7, 11) is 0. The van der Waals surface area contributed by atoms with Crippen LogP contribution in [0.2, 0.25) is 0 Å². The molecule has 4 nitrogen and oxygen atoms in total. The van der Waals surface area contributed by atoms with E-state index in [1.54, 1.807) is 0 Å². The zero-order valence-electron chi connectivity index (χ0n) is 6.39. The summed E-state index contributed by atoms with van der Waals surface area (Å²) in [6.45, 7) is 3.25. The fraction of sp³-hybridized carbons (Fsp3) is 0.667. The molecule has 0 fully saturated rings. The Labute approximate surface area is 60.6 Å². The molecule has 60 valence electrons. The number of Topliss-reactive ketones (excluding diaryl/α,β-unsaturated/α-hetero) is 2. The van der Waals surface area contributed by atoms with Gasteiger partial charge in [0.1, 0.15) is 11.6 Å². The van der Waals surface area contributed by atoms with Crippen molar-refractivity contribution >= 4 is 11.6 Å². The fourth-order valence-electron chi connectivity index (χ4n) is 0. The molecular weight excluding hydrogens is 132 g/mol. The Balaban J connectivity index is 0. The average Bonchev–Trinajstić information content (AvgIpc) is 1.89. The number of hydrogen-bond acceptors (Lipinski definition) is 4. The molecule has 0 spiro atoms. The van der Waals surface area contributed by atoms with Gasteiger partial charge in [-0.15, -0.1) is 0 Å². The van der Waals surface area contributed by atoms with Gasteiger partial charge in [0.2, 0.25) is 0 Å². The van der Waals surface area contributed by atoms with Crippen molar-refractivity contribution < 1.29 is 9.59 Å². The minimum Gasteiger partial charge on any atom is -0.324 e. The molecule has 0 bridgehead atoms. The highest BCUT2D eigenvalue weighted by Gasteiger charge is 1.77. The number of hydrogen-bond donors (Lipinski definition) is 2. The standard InChI is InChI=1S/2C3H7NO/c2*1-3(5)2-4/h2*2,4H2,1H3. The summed E-state index contributed by atoms with van der Waals surface area (Å²) in [4.78, 5) is 19.4. The van der Waals surface area contributed by atoms with Gasteiger partial charge < -0.3 is 11.5 Å². The minimum atomic E-state index is 0.0324. The number of ketones is 2. The van der Waals surface area contributed by atoms with E-state index in [1.165, 1.54) is 13.8 Å². The number of rotatable bonds is 2. The Morgan fingerprint density at radius 2 is 1.10 bits per heavy atom. The van der Waals surface area contributed by atoms with Crippen molar-refractivity contribution in [3.8, 4) is 0 Å². The molecule has 4 N–H and O–H groups in total. The summed E-state index contributed by atoms with van der Waals surface area (Å²) in [5.41, 5.74) is 9.64. The molecule has 4 heteroatoms. The lowest BCUT2D eigenvalue weighted by atomic mass is 10.5. The van der Waals surface area contributed by atoms with Gasteiger partial charge in [-0.05, 0) is 13.8 Å². The van der Waals surface area contributed by atoms with Crippen molar-refractivity contribution in [2.75, 3.05) is 13.1 Å². The van der Waals surface area contributed by atoms with Crippen LogP contribution in [0.15, 0.2) is 0 Å². The van der Waals surface area contributed by atoms with Gasteiger partial charge in [0.15, 0.2) is 0 Å². The highest BCUT2D eigenvalue weighted by Crippen LogP contribution is 1.52. The number of nitrogens with two attached hydrogens (primary N) is 2. The van der Waals surface area contributed by atoms with Crippen LogP contribution < -0.4 is 11.5 Å². The fourth-order valence-corrected chi connectivity index (χ4v) is 0. The van der Waals surface area contributed by atoms with Gasteiger partial charge in [-0.1, -0.05) is 0 Å². The molecule has 0 unspecified atom stereocenters. The normalized spacial score (nSPS) is 7.60. The van der Waals surface area contributed by atoms with Gasteiger partial charge in [0.05, 0.1) is 13.1 Å². The molecule has 0 aromatic heterocycles. The predicted octanol–water partition coefficient (Wildman–Crippen LogP) is -0.932. The van der Waals surface area contributed by atoms with Crippen molar-refractivity contribution in [1.82, 2.24) is 0 Å². The third kappa shape index (κ3) is 26.8. The molecule has 0 saturated carbocycles. The van der Waals surface area contributed by atoms with Gasteiger partial charge in [0.25, 0.3) is 0 Å². The second-order valence-corrected chi connectivity index (χ2v) is 1.81. The number of carbonyl (C=O) groups is 2. The first-order valence-corrected chi connectivity index (χ1v) is 2.93. The second kappa shape index (κ2) is 8.26. The largest absolute Gasteiger partial charge is 0.324 e. The molecule has 0 rings (SSSR count). The quantitative estimate of drug-likeness (QED) is 0.527. The second-order valence-electron chi connectivity index (χ2n) is 1.81. The van der Waals surface area contributed by atoms with E-state index >= 15 is 0 Å². The maximum absolute atomic E-state index is 9.69. The highest BCUT2D eigenvalue weighted by molar-refractivity contribution is 5.77. The van der Waals surface area contributed by atoms with Crippen molar-refractivity contribution in [2.45, 2.75) is 13.8 Å². The molecule has 0 amide bonds. The van der Waals surface area contributed by atoms with Gasteiger partial charge in [-0.3, -0.25) is 9.59 Å². The van der Waals surface area contributed by atoms with Crippen molar-refractivity contribution in [3.63, 3.8) is 0 Å². The Morgan fingerprint density at radius 3 is 1.10 bits per heavy atom. The van der Waals surface area contributed by atoms with Crippen molar-refractivity contribution in [2.24, 2.45) is 11.5 Å². The monoisotopic (exact) mass is 146 g/mol. The van der Waals surface area contributed by atoms with E-state index in [0.717, 1.165) is 0 Å². The summed E-state index contributed by atoms with van der Waals surface area (Å²) >= 11 is 0. The summed E-state index contributed by atoms with van der Waals surface area (Å²) in [5.74, 6) is 0.0648. The molecule has 0 radical (unpaired) electrons. The molecule has 0 heterocycles. The van der Waals surface area contributed by atoms with Crippen LogP contribution in [-0.2, 0) is 9.59 Å². The summed E-state index contributed by atoms with van der Waals surface area (Å²) in [6.07, 6.45) is 0. The number of carbonyl (C=O) groups excluding carboxylic acids is 2. The van der Waals surface area contributed by atoms with Crippen LogP contribution >= 0.6 is 0 Å². The van der Waals surface area contributed by atoms with Gasteiger partial charge in [-0.2, -0.15) is 0 Å². The lowest BCUT2D eigenvalue weighted by Crippen LogP contribution is -2.07. The molecule has 0 aliphatic rings. The van der Waals surface area contributed by atoms with E-state index < -0.39 is 0 Å². The lowest BCUT2D eigenvalue weighted by molar-refractivity contribution is -0.116. The van der Waals surface area contributed by atoms with E-state index in [9.17, 15) is 9.59 Å². The Kier molecular flexibility index (Phi) is 9.90. The van der Waals surface area contributed by atoms with Crippen LogP contribution in [0.1, 0.15) is 13.8 Å². The maximum atomic E-state index is 9.69. The Hall–Kier alpha value is -0.740. The molecule has 0 aliphatic carbocycles. The topological polar surface area (TPSA) is 86.2 Å². The zero-order chi connectivity index (χ0) is 8.57. The van der Waals surface area contributed by atoms with Crippen LogP contribution in [0.25, 0.3) is 0 Å². The van der Waals surface area contributed by atoms with Crippen LogP contribution in [0, 0.1) is 0 Å². The third-order valence-electron chi connectivity index (χ3n) is 0.575. The van der Waals surface area contributed by atoms with Gasteiger partial charge in [-0.25, -0.2) is 0 Å².